The summed E-state index contributed by atoms with van der Waals surface area (Å²) in [5.41, 5.74) is 0.680. The molecular formula is C19H16Cl3N3O5. The van der Waals surface area contributed by atoms with E-state index >= 15 is 0 Å². The van der Waals surface area contributed by atoms with Crippen molar-refractivity contribution in [3.05, 3.63) is 51.0 Å². The lowest BCUT2D eigenvalue weighted by molar-refractivity contribution is -0.119. The molecule has 2 aromatic rings. The van der Waals surface area contributed by atoms with Crippen LogP contribution < -0.4 is 16.0 Å². The van der Waals surface area contributed by atoms with Crippen LogP contribution in [0.4, 0.5) is 17.1 Å². The SMILES string of the molecule is CC(=O)Nc1cc(NC(C)=O)cc(C(=O)OCC(=O)Nc2c(Cl)cc(Cl)cc2Cl)c1. The van der Waals surface area contributed by atoms with Crippen LogP contribution in [0.25, 0.3) is 0 Å². The summed E-state index contributed by atoms with van der Waals surface area (Å²) in [6.45, 7) is 1.95. The zero-order valence-corrected chi connectivity index (χ0v) is 18.0. The summed E-state index contributed by atoms with van der Waals surface area (Å²) in [6, 6.07) is 6.96. The molecule has 0 aromatic heterocycles. The first-order valence-corrected chi connectivity index (χ1v) is 9.50. The molecule has 158 valence electrons. The topological polar surface area (TPSA) is 114 Å². The van der Waals surface area contributed by atoms with Crippen molar-refractivity contribution in [1.82, 2.24) is 0 Å². The molecular weight excluding hydrogens is 457 g/mol. The van der Waals surface area contributed by atoms with E-state index < -0.39 is 18.5 Å². The molecule has 0 saturated heterocycles. The predicted octanol–water partition coefficient (Wildman–Crippen LogP) is 4.36. The fourth-order valence-corrected chi connectivity index (χ4v) is 3.26. The number of carbonyl (C=O) groups excluding carboxylic acids is 4. The van der Waals surface area contributed by atoms with Crippen molar-refractivity contribution >= 4 is 75.6 Å². The maximum absolute atomic E-state index is 12.4. The zero-order chi connectivity index (χ0) is 22.4. The summed E-state index contributed by atoms with van der Waals surface area (Å²) in [7, 11) is 0. The van der Waals surface area contributed by atoms with Crippen LogP contribution in [-0.2, 0) is 19.1 Å². The van der Waals surface area contributed by atoms with Gasteiger partial charge in [0.2, 0.25) is 11.8 Å². The van der Waals surface area contributed by atoms with Gasteiger partial charge in [0.1, 0.15) is 0 Å². The predicted molar refractivity (Wildman–Crippen MR) is 115 cm³/mol. The standard InChI is InChI=1S/C19H16Cl3N3O5/c1-9(26)23-13-3-11(4-14(7-13)24-10(2)27)19(29)30-8-17(28)25-18-15(21)5-12(20)6-16(18)22/h3-7H,8H2,1-2H3,(H,23,26)(H,24,27)(H,25,28). The molecule has 30 heavy (non-hydrogen) atoms. The molecule has 3 amide bonds. The third-order valence-corrected chi connectivity index (χ3v) is 4.23. The number of hydrogen-bond acceptors (Lipinski definition) is 5. The highest BCUT2D eigenvalue weighted by Crippen LogP contribution is 2.33. The summed E-state index contributed by atoms with van der Waals surface area (Å²) in [6.07, 6.45) is 0. The van der Waals surface area contributed by atoms with Gasteiger partial charge in [0.15, 0.2) is 6.61 Å². The molecule has 8 nitrogen and oxygen atoms in total. The van der Waals surface area contributed by atoms with E-state index in [2.05, 4.69) is 16.0 Å². The molecule has 0 unspecified atom stereocenters. The van der Waals surface area contributed by atoms with Gasteiger partial charge in [0.25, 0.3) is 5.91 Å². The second kappa shape index (κ2) is 10.3. The number of ether oxygens (including phenoxy) is 1. The monoisotopic (exact) mass is 471 g/mol. The van der Waals surface area contributed by atoms with Crippen LogP contribution in [0.2, 0.25) is 15.1 Å². The van der Waals surface area contributed by atoms with Crippen molar-refractivity contribution in [1.29, 1.82) is 0 Å². The lowest BCUT2D eigenvalue weighted by atomic mass is 10.1. The van der Waals surface area contributed by atoms with Gasteiger partial charge >= 0.3 is 5.97 Å². The molecule has 0 radical (unpaired) electrons. The Morgan fingerprint density at radius 1 is 0.800 bits per heavy atom. The molecule has 2 aromatic carbocycles. The molecule has 0 heterocycles. The average molecular weight is 473 g/mol. The van der Waals surface area contributed by atoms with Crippen molar-refractivity contribution < 1.29 is 23.9 Å². The lowest BCUT2D eigenvalue weighted by Crippen LogP contribution is -2.21. The van der Waals surface area contributed by atoms with Crippen molar-refractivity contribution in [3.63, 3.8) is 0 Å². The maximum Gasteiger partial charge on any atom is 0.338 e. The Bertz CT molecular complexity index is 969. The number of amides is 3. The van der Waals surface area contributed by atoms with Gasteiger partial charge in [-0.1, -0.05) is 34.8 Å². The number of esters is 1. The van der Waals surface area contributed by atoms with E-state index in [-0.39, 0.29) is 44.5 Å². The van der Waals surface area contributed by atoms with E-state index in [4.69, 9.17) is 39.5 Å². The molecule has 0 bridgehead atoms. The molecule has 0 saturated carbocycles. The quantitative estimate of drug-likeness (QED) is 0.541. The summed E-state index contributed by atoms with van der Waals surface area (Å²) in [4.78, 5) is 47.1. The Morgan fingerprint density at radius 2 is 1.30 bits per heavy atom. The van der Waals surface area contributed by atoms with Crippen LogP contribution >= 0.6 is 34.8 Å². The number of anilines is 3. The molecule has 2 rings (SSSR count). The first kappa shape index (κ1) is 23.5. The molecule has 0 fully saturated rings. The molecule has 11 heteroatoms. The number of rotatable bonds is 6. The van der Waals surface area contributed by atoms with Crippen molar-refractivity contribution in [3.8, 4) is 0 Å². The van der Waals surface area contributed by atoms with Gasteiger partial charge in [-0.15, -0.1) is 0 Å². The van der Waals surface area contributed by atoms with Crippen LogP contribution in [0.3, 0.4) is 0 Å². The van der Waals surface area contributed by atoms with E-state index in [9.17, 15) is 19.2 Å². The maximum atomic E-state index is 12.4. The van der Waals surface area contributed by atoms with Gasteiger partial charge in [0.05, 0.1) is 21.3 Å². The normalized spacial score (nSPS) is 10.2. The Kier molecular flexibility index (Phi) is 8.05. The Hall–Kier alpha value is -2.81. The number of benzene rings is 2. The fraction of sp³-hybridized carbons (Fsp3) is 0.158. The fourth-order valence-electron chi connectivity index (χ4n) is 2.35. The molecule has 0 spiro atoms. The van der Waals surface area contributed by atoms with Crippen molar-refractivity contribution in [2.24, 2.45) is 0 Å². The largest absolute Gasteiger partial charge is 0.452 e. The van der Waals surface area contributed by atoms with E-state index in [0.29, 0.717) is 5.02 Å². The number of carbonyl (C=O) groups is 4. The third-order valence-electron chi connectivity index (χ3n) is 3.42. The summed E-state index contributed by atoms with van der Waals surface area (Å²) in [5.74, 6) is -2.28. The second-order valence-corrected chi connectivity index (χ2v) is 7.28. The van der Waals surface area contributed by atoms with Crippen LogP contribution in [-0.4, -0.2) is 30.3 Å². The van der Waals surface area contributed by atoms with E-state index in [0.717, 1.165) is 0 Å². The second-order valence-electron chi connectivity index (χ2n) is 6.03. The van der Waals surface area contributed by atoms with Crippen molar-refractivity contribution in [2.75, 3.05) is 22.6 Å². The van der Waals surface area contributed by atoms with E-state index in [1.54, 1.807) is 0 Å². The molecule has 3 N–H and O–H groups in total. The van der Waals surface area contributed by atoms with Gasteiger partial charge in [-0.2, -0.15) is 0 Å². The minimum Gasteiger partial charge on any atom is -0.452 e. The van der Waals surface area contributed by atoms with Gasteiger partial charge in [-0.05, 0) is 30.3 Å². The van der Waals surface area contributed by atoms with Crippen LogP contribution in [0.1, 0.15) is 24.2 Å². The number of halogens is 3. The Labute approximate surface area is 186 Å². The van der Waals surface area contributed by atoms with Crippen LogP contribution in [0.15, 0.2) is 30.3 Å². The highest BCUT2D eigenvalue weighted by molar-refractivity contribution is 6.42. The molecule has 0 aliphatic carbocycles. The van der Waals surface area contributed by atoms with Crippen LogP contribution in [0, 0.1) is 0 Å². The summed E-state index contributed by atoms with van der Waals surface area (Å²) in [5, 5.41) is 7.99. The lowest BCUT2D eigenvalue weighted by Gasteiger charge is -2.12. The smallest absolute Gasteiger partial charge is 0.338 e. The third kappa shape index (κ3) is 6.91. The van der Waals surface area contributed by atoms with Gasteiger partial charge in [0, 0.05) is 30.2 Å². The highest BCUT2D eigenvalue weighted by Gasteiger charge is 2.16. The first-order chi connectivity index (χ1) is 14.0. The molecule has 0 atom stereocenters. The summed E-state index contributed by atoms with van der Waals surface area (Å²) < 4.78 is 5.00. The van der Waals surface area contributed by atoms with Gasteiger partial charge in [-0.3, -0.25) is 14.4 Å². The molecule has 0 aliphatic heterocycles. The Morgan fingerprint density at radius 3 is 1.77 bits per heavy atom. The van der Waals surface area contributed by atoms with Crippen LogP contribution in [0.5, 0.6) is 0 Å². The minimum absolute atomic E-state index is 0.0142. The van der Waals surface area contributed by atoms with E-state index in [1.807, 2.05) is 0 Å². The zero-order valence-electron chi connectivity index (χ0n) is 15.8. The minimum atomic E-state index is -0.850. The first-order valence-electron chi connectivity index (χ1n) is 8.37. The van der Waals surface area contributed by atoms with E-state index in [1.165, 1.54) is 44.2 Å². The number of hydrogen-bond donors (Lipinski definition) is 3. The average Bonchev–Trinajstić information content (AvgIpc) is 2.61. The van der Waals surface area contributed by atoms with Gasteiger partial charge < -0.3 is 20.7 Å². The Balaban J connectivity index is 2.10. The summed E-state index contributed by atoms with van der Waals surface area (Å²) >= 11 is 17.8. The molecule has 0 aliphatic rings. The highest BCUT2D eigenvalue weighted by atomic mass is 35.5. The van der Waals surface area contributed by atoms with Gasteiger partial charge in [-0.25, -0.2) is 4.79 Å². The number of nitrogens with one attached hydrogen (secondary N) is 3. The van der Waals surface area contributed by atoms with Crippen molar-refractivity contribution in [2.45, 2.75) is 13.8 Å².